The van der Waals surface area contributed by atoms with Gasteiger partial charge in [-0.05, 0) is 43.3 Å². The van der Waals surface area contributed by atoms with Gasteiger partial charge in [0.15, 0.2) is 15.8 Å². The van der Waals surface area contributed by atoms with E-state index in [0.29, 0.717) is 33.0 Å². The van der Waals surface area contributed by atoms with Crippen molar-refractivity contribution in [3.8, 4) is 17.2 Å². The molecule has 0 N–H and O–H groups in total. The SMILES string of the molecule is CCOc1ccc(N2C(=O)/C(=C/c3cccc(OC)c3OC)SC2=S)cc1. The van der Waals surface area contributed by atoms with Crippen LogP contribution in [0.3, 0.4) is 0 Å². The summed E-state index contributed by atoms with van der Waals surface area (Å²) < 4.78 is 16.7. The molecule has 0 bridgehead atoms. The molecule has 27 heavy (non-hydrogen) atoms. The van der Waals surface area contributed by atoms with Crippen LogP contribution in [0.5, 0.6) is 17.2 Å². The number of carbonyl (C=O) groups is 1. The van der Waals surface area contributed by atoms with E-state index < -0.39 is 0 Å². The second-order valence-corrected chi connectivity index (χ2v) is 7.20. The van der Waals surface area contributed by atoms with E-state index in [0.717, 1.165) is 11.3 Å². The van der Waals surface area contributed by atoms with Gasteiger partial charge in [-0.3, -0.25) is 9.69 Å². The second kappa shape index (κ2) is 8.45. The number of amides is 1. The maximum Gasteiger partial charge on any atom is 0.270 e. The van der Waals surface area contributed by atoms with Crippen LogP contribution in [0.4, 0.5) is 5.69 Å². The van der Waals surface area contributed by atoms with Gasteiger partial charge in [0, 0.05) is 5.56 Å². The molecular weight excluding hydrogens is 382 g/mol. The number of thioether (sulfide) groups is 1. The molecule has 1 aliphatic heterocycles. The van der Waals surface area contributed by atoms with E-state index in [2.05, 4.69) is 0 Å². The minimum atomic E-state index is -0.168. The molecule has 1 fully saturated rings. The first-order chi connectivity index (χ1) is 13.1. The first kappa shape index (κ1) is 19.3. The van der Waals surface area contributed by atoms with Crippen molar-refractivity contribution >= 4 is 46.0 Å². The number of anilines is 1. The Bertz CT molecular complexity index is 893. The summed E-state index contributed by atoms with van der Waals surface area (Å²) in [5, 5.41) is 0. The molecule has 1 saturated heterocycles. The number of ether oxygens (including phenoxy) is 3. The molecule has 140 valence electrons. The fourth-order valence-electron chi connectivity index (χ4n) is 2.72. The highest BCUT2D eigenvalue weighted by Gasteiger charge is 2.33. The lowest BCUT2D eigenvalue weighted by Crippen LogP contribution is -2.27. The van der Waals surface area contributed by atoms with Crippen molar-refractivity contribution in [1.29, 1.82) is 0 Å². The molecule has 1 aliphatic rings. The summed E-state index contributed by atoms with van der Waals surface area (Å²) >= 11 is 6.69. The zero-order valence-corrected chi connectivity index (χ0v) is 16.9. The Kier molecular flexibility index (Phi) is 6.03. The molecule has 2 aromatic rings. The van der Waals surface area contributed by atoms with Crippen LogP contribution in [-0.2, 0) is 4.79 Å². The zero-order valence-electron chi connectivity index (χ0n) is 15.2. The average molecular weight is 402 g/mol. The Balaban J connectivity index is 1.91. The third-order valence-electron chi connectivity index (χ3n) is 3.92. The van der Waals surface area contributed by atoms with Crippen molar-refractivity contribution in [1.82, 2.24) is 0 Å². The first-order valence-corrected chi connectivity index (χ1v) is 9.53. The van der Waals surface area contributed by atoms with Crippen molar-refractivity contribution in [2.75, 3.05) is 25.7 Å². The Morgan fingerprint density at radius 1 is 1.11 bits per heavy atom. The number of para-hydroxylation sites is 1. The van der Waals surface area contributed by atoms with Gasteiger partial charge in [0.05, 0.1) is 31.4 Å². The van der Waals surface area contributed by atoms with Gasteiger partial charge in [0.25, 0.3) is 5.91 Å². The van der Waals surface area contributed by atoms with Gasteiger partial charge < -0.3 is 14.2 Å². The molecular formula is C20H19NO4S2. The molecule has 0 radical (unpaired) electrons. The minimum Gasteiger partial charge on any atom is -0.494 e. The van der Waals surface area contributed by atoms with Crippen molar-refractivity contribution in [3.05, 3.63) is 52.9 Å². The number of nitrogens with zero attached hydrogens (tertiary/aromatic N) is 1. The molecule has 5 nitrogen and oxygen atoms in total. The molecule has 3 rings (SSSR count). The Morgan fingerprint density at radius 3 is 2.48 bits per heavy atom. The largest absolute Gasteiger partial charge is 0.494 e. The van der Waals surface area contributed by atoms with Crippen molar-refractivity contribution in [3.63, 3.8) is 0 Å². The van der Waals surface area contributed by atoms with Gasteiger partial charge >= 0.3 is 0 Å². The van der Waals surface area contributed by atoms with Crippen LogP contribution in [0.1, 0.15) is 12.5 Å². The number of methoxy groups -OCH3 is 2. The lowest BCUT2D eigenvalue weighted by molar-refractivity contribution is -0.113. The normalized spacial score (nSPS) is 15.4. The second-order valence-electron chi connectivity index (χ2n) is 5.53. The van der Waals surface area contributed by atoms with E-state index in [4.69, 9.17) is 26.4 Å². The molecule has 0 aliphatic carbocycles. The molecule has 0 saturated carbocycles. The van der Waals surface area contributed by atoms with Crippen LogP contribution < -0.4 is 19.1 Å². The van der Waals surface area contributed by atoms with E-state index in [-0.39, 0.29) is 5.91 Å². The lowest BCUT2D eigenvalue weighted by atomic mass is 10.1. The molecule has 0 atom stereocenters. The van der Waals surface area contributed by atoms with Crippen molar-refractivity contribution in [2.24, 2.45) is 0 Å². The monoisotopic (exact) mass is 401 g/mol. The van der Waals surface area contributed by atoms with Crippen LogP contribution in [0, 0.1) is 0 Å². The molecule has 1 amide bonds. The standard InChI is InChI=1S/C20H19NO4S2/c1-4-25-15-10-8-14(9-11-15)21-19(22)17(27-20(21)26)12-13-6-5-7-16(23-2)18(13)24-3/h5-12H,4H2,1-3H3/b17-12-. The van der Waals surface area contributed by atoms with Gasteiger partial charge in [0.2, 0.25) is 0 Å². The summed E-state index contributed by atoms with van der Waals surface area (Å²) in [7, 11) is 3.15. The third kappa shape index (κ3) is 3.94. The molecule has 7 heteroatoms. The van der Waals surface area contributed by atoms with E-state index in [1.165, 1.54) is 16.7 Å². The van der Waals surface area contributed by atoms with Crippen molar-refractivity contribution in [2.45, 2.75) is 6.92 Å². The number of hydrogen-bond donors (Lipinski definition) is 0. The Hall–Kier alpha value is -2.51. The summed E-state index contributed by atoms with van der Waals surface area (Å²) in [4.78, 5) is 15.0. The number of benzene rings is 2. The smallest absolute Gasteiger partial charge is 0.270 e. The molecule has 1 heterocycles. The fraction of sp³-hybridized carbons (Fsp3) is 0.200. The molecule has 2 aromatic carbocycles. The highest BCUT2D eigenvalue weighted by atomic mass is 32.2. The highest BCUT2D eigenvalue weighted by molar-refractivity contribution is 8.27. The minimum absolute atomic E-state index is 0.168. The maximum atomic E-state index is 12.9. The topological polar surface area (TPSA) is 48.0 Å². The molecule has 0 unspecified atom stereocenters. The third-order valence-corrected chi connectivity index (χ3v) is 5.22. The van der Waals surface area contributed by atoms with E-state index >= 15 is 0 Å². The van der Waals surface area contributed by atoms with E-state index in [9.17, 15) is 4.79 Å². The predicted molar refractivity (Wildman–Crippen MR) is 113 cm³/mol. The number of thiocarbonyl (C=S) groups is 1. The van der Waals surface area contributed by atoms with Crippen LogP contribution in [0.2, 0.25) is 0 Å². The summed E-state index contributed by atoms with van der Waals surface area (Å²) in [6.45, 7) is 2.51. The fourth-order valence-corrected chi connectivity index (χ4v) is 4.01. The zero-order chi connectivity index (χ0) is 19.4. The quantitative estimate of drug-likeness (QED) is 0.524. The van der Waals surface area contributed by atoms with Gasteiger partial charge in [-0.15, -0.1) is 0 Å². The van der Waals surface area contributed by atoms with Gasteiger partial charge in [-0.25, -0.2) is 0 Å². The van der Waals surface area contributed by atoms with Crippen LogP contribution in [-0.4, -0.2) is 31.1 Å². The molecule has 0 aromatic heterocycles. The summed E-state index contributed by atoms with van der Waals surface area (Å²) in [5.41, 5.74) is 1.46. The summed E-state index contributed by atoms with van der Waals surface area (Å²) in [6.07, 6.45) is 1.77. The van der Waals surface area contributed by atoms with Crippen LogP contribution in [0.15, 0.2) is 47.4 Å². The van der Waals surface area contributed by atoms with E-state index in [1.807, 2.05) is 43.3 Å². The number of hydrogen-bond acceptors (Lipinski definition) is 6. The van der Waals surface area contributed by atoms with Gasteiger partial charge in [-0.2, -0.15) is 0 Å². The summed E-state index contributed by atoms with van der Waals surface area (Å²) in [5.74, 6) is 1.77. The predicted octanol–water partition coefficient (Wildman–Crippen LogP) is 4.51. The van der Waals surface area contributed by atoms with Crippen LogP contribution >= 0.6 is 24.0 Å². The van der Waals surface area contributed by atoms with Gasteiger partial charge in [-0.1, -0.05) is 36.1 Å². The van der Waals surface area contributed by atoms with Crippen LogP contribution in [0.25, 0.3) is 6.08 Å². The lowest BCUT2D eigenvalue weighted by Gasteiger charge is -2.15. The maximum absolute atomic E-state index is 12.9. The van der Waals surface area contributed by atoms with E-state index in [1.54, 1.807) is 26.4 Å². The number of carbonyl (C=O) groups excluding carboxylic acids is 1. The molecule has 0 spiro atoms. The highest BCUT2D eigenvalue weighted by Crippen LogP contribution is 2.39. The van der Waals surface area contributed by atoms with Crippen molar-refractivity contribution < 1.29 is 19.0 Å². The van der Waals surface area contributed by atoms with Gasteiger partial charge in [0.1, 0.15) is 5.75 Å². The first-order valence-electron chi connectivity index (χ1n) is 8.30. The Morgan fingerprint density at radius 2 is 1.85 bits per heavy atom. The average Bonchev–Trinajstić information content (AvgIpc) is 2.96. The number of rotatable bonds is 6. The Labute approximate surface area is 167 Å². The summed E-state index contributed by atoms with van der Waals surface area (Å²) in [6, 6.07) is 12.8.